The first-order valence-electron chi connectivity index (χ1n) is 7.78. The molecule has 20 heavy (non-hydrogen) atoms. The van der Waals surface area contributed by atoms with Gasteiger partial charge >= 0.3 is 0 Å². The molecule has 0 aromatic heterocycles. The molecule has 0 aliphatic heterocycles. The lowest BCUT2D eigenvalue weighted by molar-refractivity contribution is 0.266. The molecule has 0 radical (unpaired) electrons. The molecule has 112 valence electrons. The summed E-state index contributed by atoms with van der Waals surface area (Å²) in [7, 11) is 0. The van der Waals surface area contributed by atoms with Gasteiger partial charge in [0, 0.05) is 6.04 Å². The second-order valence-electron chi connectivity index (χ2n) is 6.18. The van der Waals surface area contributed by atoms with E-state index in [9.17, 15) is 0 Å². The Balaban J connectivity index is 1.93. The lowest BCUT2D eigenvalue weighted by Crippen LogP contribution is -2.29. The molecule has 2 rings (SSSR count). The Morgan fingerprint density at radius 2 is 2.05 bits per heavy atom. The van der Waals surface area contributed by atoms with Gasteiger partial charge in [0.1, 0.15) is 0 Å². The Bertz CT molecular complexity index is 433. The van der Waals surface area contributed by atoms with Crippen LogP contribution in [-0.4, -0.2) is 6.54 Å². The number of hydrogen-bond donors (Lipinski definition) is 1. The van der Waals surface area contributed by atoms with Crippen LogP contribution in [-0.2, 0) is 0 Å². The smallest absolute Gasteiger partial charge is 0.0595 e. The molecule has 1 fully saturated rings. The Morgan fingerprint density at radius 1 is 1.25 bits per heavy atom. The molecule has 1 nitrogen and oxygen atoms in total. The fourth-order valence-electron chi connectivity index (χ4n) is 3.28. The van der Waals surface area contributed by atoms with Gasteiger partial charge in [-0.2, -0.15) is 0 Å². The van der Waals surface area contributed by atoms with Gasteiger partial charge in [-0.25, -0.2) is 0 Å². The highest BCUT2D eigenvalue weighted by Gasteiger charge is 2.20. The van der Waals surface area contributed by atoms with Crippen molar-refractivity contribution in [3.8, 4) is 0 Å². The minimum absolute atomic E-state index is 0.377. The maximum atomic E-state index is 6.12. The zero-order valence-corrected chi connectivity index (χ0v) is 14.0. The van der Waals surface area contributed by atoms with E-state index in [1.54, 1.807) is 0 Å². The minimum Gasteiger partial charge on any atom is -0.310 e. The normalized spacial score (nSPS) is 24.6. The molecular formula is C17H25Cl2N. The summed E-state index contributed by atoms with van der Waals surface area (Å²) in [6, 6.07) is 6.35. The van der Waals surface area contributed by atoms with E-state index < -0.39 is 0 Å². The summed E-state index contributed by atoms with van der Waals surface area (Å²) in [5.41, 5.74) is 1.24. The third-order valence-corrected chi connectivity index (χ3v) is 5.19. The minimum atomic E-state index is 0.377. The number of benzene rings is 1. The average Bonchev–Trinajstić information content (AvgIpc) is 2.43. The van der Waals surface area contributed by atoms with Crippen molar-refractivity contribution in [2.75, 3.05) is 6.54 Å². The van der Waals surface area contributed by atoms with E-state index in [2.05, 4.69) is 25.2 Å². The van der Waals surface area contributed by atoms with Gasteiger partial charge in [0.15, 0.2) is 0 Å². The first kappa shape index (κ1) is 16.1. The van der Waals surface area contributed by atoms with Crippen molar-refractivity contribution < 1.29 is 0 Å². The summed E-state index contributed by atoms with van der Waals surface area (Å²) in [5.74, 6) is 1.72. The predicted octanol–water partition coefficient (Wildman–Crippen LogP) is 5.86. The third kappa shape index (κ3) is 4.38. The highest BCUT2D eigenvalue weighted by Crippen LogP contribution is 2.30. The van der Waals surface area contributed by atoms with Gasteiger partial charge in [0.2, 0.25) is 0 Å². The molecule has 0 bridgehead atoms. The molecule has 3 heteroatoms. The van der Waals surface area contributed by atoms with E-state index in [0.29, 0.717) is 16.1 Å². The van der Waals surface area contributed by atoms with Crippen LogP contribution in [0.5, 0.6) is 0 Å². The summed E-state index contributed by atoms with van der Waals surface area (Å²) >= 11 is 12.1. The van der Waals surface area contributed by atoms with Gasteiger partial charge in [-0.05, 0) is 55.3 Å². The van der Waals surface area contributed by atoms with Crippen molar-refractivity contribution in [2.45, 2.75) is 52.0 Å². The molecule has 0 saturated heterocycles. The van der Waals surface area contributed by atoms with Gasteiger partial charge < -0.3 is 5.32 Å². The maximum absolute atomic E-state index is 6.12. The topological polar surface area (TPSA) is 12.0 Å². The Kier molecular flexibility index (Phi) is 6.20. The van der Waals surface area contributed by atoms with Crippen LogP contribution in [0.4, 0.5) is 0 Å². The first-order valence-corrected chi connectivity index (χ1v) is 8.54. The van der Waals surface area contributed by atoms with Crippen LogP contribution in [0.3, 0.4) is 0 Å². The highest BCUT2D eigenvalue weighted by atomic mass is 35.5. The van der Waals surface area contributed by atoms with Crippen molar-refractivity contribution in [1.29, 1.82) is 0 Å². The standard InChI is InChI=1S/C17H25Cl2N/c1-3-17(14-7-8-15(18)16(19)10-14)20-11-13-6-4-5-12(2)9-13/h7-8,10,12-13,17,20H,3-6,9,11H2,1-2H3. The van der Waals surface area contributed by atoms with Crippen molar-refractivity contribution >= 4 is 23.2 Å². The van der Waals surface area contributed by atoms with Crippen molar-refractivity contribution in [1.82, 2.24) is 5.32 Å². The van der Waals surface area contributed by atoms with Crippen molar-refractivity contribution in [2.24, 2.45) is 11.8 Å². The molecule has 0 heterocycles. The van der Waals surface area contributed by atoms with Gasteiger partial charge in [0.05, 0.1) is 10.0 Å². The number of nitrogens with one attached hydrogen (secondary N) is 1. The molecule has 0 amide bonds. The van der Waals surface area contributed by atoms with Crippen LogP contribution in [0.2, 0.25) is 10.0 Å². The lowest BCUT2D eigenvalue weighted by Gasteiger charge is -2.29. The zero-order chi connectivity index (χ0) is 14.5. The van der Waals surface area contributed by atoms with E-state index >= 15 is 0 Å². The molecule has 1 aliphatic rings. The number of rotatable bonds is 5. The summed E-state index contributed by atoms with van der Waals surface area (Å²) in [4.78, 5) is 0. The van der Waals surface area contributed by atoms with Crippen LogP contribution < -0.4 is 5.32 Å². The van der Waals surface area contributed by atoms with Crippen LogP contribution in [0.15, 0.2) is 18.2 Å². The zero-order valence-electron chi connectivity index (χ0n) is 12.5. The largest absolute Gasteiger partial charge is 0.310 e. The Morgan fingerprint density at radius 3 is 2.70 bits per heavy atom. The van der Waals surface area contributed by atoms with Gasteiger partial charge in [0.25, 0.3) is 0 Å². The van der Waals surface area contributed by atoms with Gasteiger partial charge in [-0.15, -0.1) is 0 Å². The van der Waals surface area contributed by atoms with Crippen LogP contribution in [0, 0.1) is 11.8 Å². The molecular weight excluding hydrogens is 289 g/mol. The molecule has 1 saturated carbocycles. The van der Waals surface area contributed by atoms with Crippen molar-refractivity contribution in [3.05, 3.63) is 33.8 Å². The Labute approximate surface area is 133 Å². The third-order valence-electron chi connectivity index (χ3n) is 4.45. The molecule has 3 atom stereocenters. The summed E-state index contributed by atoms with van der Waals surface area (Å²) in [6.45, 7) is 5.70. The SMILES string of the molecule is CCC(NCC1CCCC(C)C1)c1ccc(Cl)c(Cl)c1. The molecule has 1 aromatic carbocycles. The predicted molar refractivity (Wildman–Crippen MR) is 88.6 cm³/mol. The molecule has 1 aromatic rings. The van der Waals surface area contributed by atoms with E-state index in [1.165, 1.54) is 31.2 Å². The second-order valence-corrected chi connectivity index (χ2v) is 6.99. The van der Waals surface area contributed by atoms with E-state index in [0.717, 1.165) is 24.8 Å². The quantitative estimate of drug-likeness (QED) is 0.717. The van der Waals surface area contributed by atoms with Gasteiger partial charge in [-0.3, -0.25) is 0 Å². The fourth-order valence-corrected chi connectivity index (χ4v) is 3.59. The Hall–Kier alpha value is -0.240. The van der Waals surface area contributed by atoms with E-state index in [4.69, 9.17) is 23.2 Å². The van der Waals surface area contributed by atoms with Crippen molar-refractivity contribution in [3.63, 3.8) is 0 Å². The summed E-state index contributed by atoms with van der Waals surface area (Å²) in [5, 5.41) is 5.00. The number of hydrogen-bond acceptors (Lipinski definition) is 1. The van der Waals surface area contributed by atoms with E-state index in [1.807, 2.05) is 12.1 Å². The highest BCUT2D eigenvalue weighted by molar-refractivity contribution is 6.42. The maximum Gasteiger partial charge on any atom is 0.0595 e. The monoisotopic (exact) mass is 313 g/mol. The van der Waals surface area contributed by atoms with E-state index in [-0.39, 0.29) is 0 Å². The van der Waals surface area contributed by atoms with Crippen LogP contribution in [0.25, 0.3) is 0 Å². The molecule has 3 unspecified atom stereocenters. The lowest BCUT2D eigenvalue weighted by atomic mass is 9.82. The summed E-state index contributed by atoms with van der Waals surface area (Å²) < 4.78 is 0. The summed E-state index contributed by atoms with van der Waals surface area (Å²) in [6.07, 6.45) is 6.60. The average molecular weight is 314 g/mol. The molecule has 1 aliphatic carbocycles. The second kappa shape index (κ2) is 7.68. The van der Waals surface area contributed by atoms with Crippen LogP contribution in [0.1, 0.15) is 57.6 Å². The number of halogens is 2. The van der Waals surface area contributed by atoms with Gasteiger partial charge in [-0.1, -0.05) is 56.0 Å². The molecule has 0 spiro atoms. The van der Waals surface area contributed by atoms with Crippen LogP contribution >= 0.6 is 23.2 Å². The first-order chi connectivity index (χ1) is 9.60. The molecule has 1 N–H and O–H groups in total. The fraction of sp³-hybridized carbons (Fsp3) is 0.647.